The largest absolute Gasteiger partial charge is 0.356 e. The summed E-state index contributed by atoms with van der Waals surface area (Å²) in [6.45, 7) is 6.95. The van der Waals surface area contributed by atoms with Gasteiger partial charge in [0, 0.05) is 43.2 Å². The van der Waals surface area contributed by atoms with Crippen molar-refractivity contribution in [3.63, 3.8) is 0 Å². The SMILES string of the molecule is CN=C(NCCc1cc(F)cc(F)c1)N1CCSC(C)(C)C1.I. The molecule has 0 amide bonds. The van der Waals surface area contributed by atoms with Gasteiger partial charge in [-0.3, -0.25) is 4.99 Å². The number of rotatable bonds is 3. The van der Waals surface area contributed by atoms with E-state index in [-0.39, 0.29) is 28.7 Å². The summed E-state index contributed by atoms with van der Waals surface area (Å²) in [4.78, 5) is 6.56. The van der Waals surface area contributed by atoms with Gasteiger partial charge in [-0.2, -0.15) is 11.8 Å². The van der Waals surface area contributed by atoms with Crippen molar-refractivity contribution in [3.8, 4) is 0 Å². The maximum absolute atomic E-state index is 13.2. The van der Waals surface area contributed by atoms with Crippen LogP contribution in [0.25, 0.3) is 0 Å². The number of halogens is 3. The van der Waals surface area contributed by atoms with Crippen LogP contribution in [0.2, 0.25) is 0 Å². The van der Waals surface area contributed by atoms with Crippen molar-refractivity contribution in [2.75, 3.05) is 32.4 Å². The summed E-state index contributed by atoms with van der Waals surface area (Å²) >= 11 is 1.97. The van der Waals surface area contributed by atoms with E-state index in [1.807, 2.05) is 11.8 Å². The molecule has 0 unspecified atom stereocenters. The van der Waals surface area contributed by atoms with Crippen LogP contribution in [0.5, 0.6) is 0 Å². The molecule has 0 aliphatic carbocycles. The number of hydrogen-bond donors (Lipinski definition) is 1. The normalized spacial score (nSPS) is 17.6. The minimum atomic E-state index is -0.533. The van der Waals surface area contributed by atoms with Crippen molar-refractivity contribution in [1.82, 2.24) is 10.2 Å². The highest BCUT2D eigenvalue weighted by Crippen LogP contribution is 2.29. The molecule has 0 bridgehead atoms. The van der Waals surface area contributed by atoms with Gasteiger partial charge >= 0.3 is 0 Å². The first-order chi connectivity index (χ1) is 10.4. The van der Waals surface area contributed by atoms with Gasteiger partial charge in [-0.15, -0.1) is 24.0 Å². The topological polar surface area (TPSA) is 27.6 Å². The zero-order valence-corrected chi connectivity index (χ0v) is 16.9. The number of nitrogens with zero attached hydrogens (tertiary/aromatic N) is 2. The molecular weight excluding hydrogens is 431 g/mol. The van der Waals surface area contributed by atoms with Crippen molar-refractivity contribution in [1.29, 1.82) is 0 Å². The molecule has 1 aromatic carbocycles. The molecule has 3 nitrogen and oxygen atoms in total. The summed E-state index contributed by atoms with van der Waals surface area (Å²) in [5.41, 5.74) is 0.648. The average molecular weight is 455 g/mol. The molecule has 130 valence electrons. The lowest BCUT2D eigenvalue weighted by molar-refractivity contribution is 0.376. The van der Waals surface area contributed by atoms with Crippen LogP contribution in [-0.2, 0) is 6.42 Å². The summed E-state index contributed by atoms with van der Waals surface area (Å²) in [7, 11) is 1.76. The molecule has 7 heteroatoms. The third-order valence-corrected chi connectivity index (χ3v) is 4.85. The Labute approximate surface area is 158 Å². The molecule has 0 saturated carbocycles. The summed E-state index contributed by atoms with van der Waals surface area (Å²) in [5.74, 6) is 0.858. The molecule has 0 atom stereocenters. The average Bonchev–Trinajstić information content (AvgIpc) is 2.41. The van der Waals surface area contributed by atoms with E-state index in [0.29, 0.717) is 18.5 Å². The molecule has 0 radical (unpaired) electrons. The highest BCUT2D eigenvalue weighted by Gasteiger charge is 2.28. The molecular formula is C16H24F2IN3S. The molecule has 1 aromatic rings. The highest BCUT2D eigenvalue weighted by molar-refractivity contribution is 14.0. The van der Waals surface area contributed by atoms with Gasteiger partial charge in [0.1, 0.15) is 11.6 Å². The van der Waals surface area contributed by atoms with E-state index in [4.69, 9.17) is 0 Å². The Hall–Kier alpha value is -0.570. The number of benzene rings is 1. The van der Waals surface area contributed by atoms with Crippen LogP contribution < -0.4 is 5.32 Å². The van der Waals surface area contributed by atoms with E-state index in [0.717, 1.165) is 30.9 Å². The van der Waals surface area contributed by atoms with Crippen LogP contribution in [0.3, 0.4) is 0 Å². The van der Waals surface area contributed by atoms with Gasteiger partial charge in [-0.25, -0.2) is 8.78 Å². The Morgan fingerprint density at radius 1 is 1.30 bits per heavy atom. The highest BCUT2D eigenvalue weighted by atomic mass is 127. The van der Waals surface area contributed by atoms with Crippen molar-refractivity contribution in [2.45, 2.75) is 25.0 Å². The molecule has 1 saturated heterocycles. The summed E-state index contributed by atoms with van der Waals surface area (Å²) in [5, 5.41) is 3.29. The maximum Gasteiger partial charge on any atom is 0.193 e. The Kier molecular flexibility index (Phi) is 8.06. The predicted molar refractivity (Wildman–Crippen MR) is 105 cm³/mol. The number of hydrogen-bond acceptors (Lipinski definition) is 2. The molecule has 0 spiro atoms. The molecule has 1 aliphatic heterocycles. The first kappa shape index (κ1) is 20.5. The van der Waals surface area contributed by atoms with Gasteiger partial charge in [0.15, 0.2) is 5.96 Å². The molecule has 1 fully saturated rings. The fourth-order valence-corrected chi connectivity index (χ4v) is 3.71. The van der Waals surface area contributed by atoms with Gasteiger partial charge in [0.25, 0.3) is 0 Å². The van der Waals surface area contributed by atoms with E-state index in [9.17, 15) is 8.78 Å². The fourth-order valence-electron chi connectivity index (χ4n) is 2.60. The zero-order valence-electron chi connectivity index (χ0n) is 13.7. The molecule has 0 aromatic heterocycles. The monoisotopic (exact) mass is 455 g/mol. The fraction of sp³-hybridized carbons (Fsp3) is 0.562. The van der Waals surface area contributed by atoms with Crippen molar-refractivity contribution in [3.05, 3.63) is 35.4 Å². The predicted octanol–water partition coefficient (Wildman–Crippen LogP) is 3.53. The van der Waals surface area contributed by atoms with Gasteiger partial charge in [0.2, 0.25) is 0 Å². The van der Waals surface area contributed by atoms with Gasteiger partial charge in [-0.1, -0.05) is 0 Å². The molecule has 2 rings (SSSR count). The van der Waals surface area contributed by atoms with E-state index in [2.05, 4.69) is 29.1 Å². The second-order valence-electron chi connectivity index (χ2n) is 6.03. The lowest BCUT2D eigenvalue weighted by atomic mass is 10.1. The lowest BCUT2D eigenvalue weighted by Crippen LogP contribution is -2.51. The van der Waals surface area contributed by atoms with E-state index < -0.39 is 11.6 Å². The Bertz CT molecular complexity index is 532. The van der Waals surface area contributed by atoms with Gasteiger partial charge in [0.05, 0.1) is 0 Å². The first-order valence-corrected chi connectivity index (χ1v) is 8.43. The van der Waals surface area contributed by atoms with E-state index >= 15 is 0 Å². The smallest absolute Gasteiger partial charge is 0.193 e. The first-order valence-electron chi connectivity index (χ1n) is 7.44. The third-order valence-electron chi connectivity index (χ3n) is 3.56. The Balaban J connectivity index is 0.00000264. The number of nitrogens with one attached hydrogen (secondary N) is 1. The zero-order chi connectivity index (χ0) is 16.2. The van der Waals surface area contributed by atoms with Gasteiger partial charge < -0.3 is 10.2 Å². The van der Waals surface area contributed by atoms with Crippen LogP contribution in [0, 0.1) is 11.6 Å². The van der Waals surface area contributed by atoms with Crippen LogP contribution in [0.4, 0.5) is 8.78 Å². The standard InChI is InChI=1S/C16H23F2N3S.HI/c1-16(2)11-21(6-7-22-16)15(19-3)20-5-4-12-8-13(17)10-14(18)9-12;/h8-10H,4-7,11H2,1-3H3,(H,19,20);1H. The summed E-state index contributed by atoms with van der Waals surface area (Å²) < 4.78 is 26.5. The minimum Gasteiger partial charge on any atom is -0.356 e. The summed E-state index contributed by atoms with van der Waals surface area (Å²) in [6.07, 6.45) is 0.555. The minimum absolute atomic E-state index is 0. The summed E-state index contributed by atoms with van der Waals surface area (Å²) in [6, 6.07) is 3.63. The van der Waals surface area contributed by atoms with Crippen LogP contribution in [-0.4, -0.2) is 48.0 Å². The maximum atomic E-state index is 13.2. The second kappa shape index (κ2) is 9.05. The molecule has 23 heavy (non-hydrogen) atoms. The van der Waals surface area contributed by atoms with Crippen molar-refractivity contribution >= 4 is 41.7 Å². The van der Waals surface area contributed by atoms with Gasteiger partial charge in [-0.05, 0) is 38.0 Å². The van der Waals surface area contributed by atoms with E-state index in [1.54, 1.807) is 7.05 Å². The number of thioether (sulfide) groups is 1. The number of aliphatic imine (C=N–C) groups is 1. The molecule has 1 N–H and O–H groups in total. The van der Waals surface area contributed by atoms with E-state index in [1.165, 1.54) is 12.1 Å². The van der Waals surface area contributed by atoms with Crippen LogP contribution >= 0.6 is 35.7 Å². The van der Waals surface area contributed by atoms with Crippen molar-refractivity contribution in [2.24, 2.45) is 4.99 Å². The van der Waals surface area contributed by atoms with Crippen LogP contribution in [0.1, 0.15) is 19.4 Å². The van der Waals surface area contributed by atoms with Crippen molar-refractivity contribution < 1.29 is 8.78 Å². The Morgan fingerprint density at radius 2 is 1.96 bits per heavy atom. The lowest BCUT2D eigenvalue weighted by Gasteiger charge is -2.39. The Morgan fingerprint density at radius 3 is 2.52 bits per heavy atom. The van der Waals surface area contributed by atoms with Crippen LogP contribution in [0.15, 0.2) is 23.2 Å². The quantitative estimate of drug-likeness (QED) is 0.430. The third kappa shape index (κ3) is 6.45. The molecule has 1 aliphatic rings. The second-order valence-corrected chi connectivity index (χ2v) is 7.83. The number of guanidine groups is 1. The molecule has 1 heterocycles.